The first kappa shape index (κ1) is 19.1. The molecule has 0 radical (unpaired) electrons. The summed E-state index contributed by atoms with van der Waals surface area (Å²) in [6, 6.07) is 1.81. The Morgan fingerprint density at radius 2 is 2.12 bits per heavy atom. The van der Waals surface area contributed by atoms with Gasteiger partial charge in [-0.3, -0.25) is 14.5 Å². The Kier molecular flexibility index (Phi) is 5.97. The summed E-state index contributed by atoms with van der Waals surface area (Å²) in [7, 11) is 1.37. The van der Waals surface area contributed by atoms with E-state index >= 15 is 0 Å². The van der Waals surface area contributed by atoms with Gasteiger partial charge in [0.1, 0.15) is 6.04 Å². The molecule has 1 aromatic carbocycles. The minimum Gasteiger partial charge on any atom is -0.504 e. The molecule has 1 fully saturated rings. The lowest BCUT2D eigenvalue weighted by Gasteiger charge is -2.19. The summed E-state index contributed by atoms with van der Waals surface area (Å²) in [5.74, 6) is -1.39. The number of rotatable bonds is 5. The zero-order valence-corrected chi connectivity index (χ0v) is 15.3. The van der Waals surface area contributed by atoms with E-state index in [-0.39, 0.29) is 28.6 Å². The second kappa shape index (κ2) is 7.79. The lowest BCUT2D eigenvalue weighted by atomic mass is 10.1. The van der Waals surface area contributed by atoms with Gasteiger partial charge < -0.3 is 14.6 Å². The minimum atomic E-state index is -1.04. The van der Waals surface area contributed by atoms with Crippen molar-refractivity contribution in [3.63, 3.8) is 0 Å². The predicted octanol–water partition coefficient (Wildman–Crippen LogP) is 3.04. The number of hydrogen-bond donors (Lipinski definition) is 1. The van der Waals surface area contributed by atoms with Crippen molar-refractivity contribution in [1.82, 2.24) is 4.90 Å². The number of phenols is 1. The number of halogens is 1. The first-order valence-corrected chi connectivity index (χ1v) is 8.49. The first-order chi connectivity index (χ1) is 11.8. The van der Waals surface area contributed by atoms with E-state index in [0.29, 0.717) is 16.8 Å². The number of amides is 2. The number of esters is 1. The van der Waals surface area contributed by atoms with Crippen LogP contribution in [0.2, 0.25) is 5.02 Å². The highest BCUT2D eigenvalue weighted by Crippen LogP contribution is 2.39. The van der Waals surface area contributed by atoms with Gasteiger partial charge >= 0.3 is 5.97 Å². The number of phenolic OH excluding ortho intramolecular Hbond substituents is 1. The standard InChI is InChI=1S/C16H16ClNO6S/c1-4-24-15(21)8(2)18-14(20)12(25-16(18)22)6-9-5-10(17)7-11(23-3)13(9)19/h5-8,19H,4H2,1-3H3/b12-6-/t8-/m1/s1. The fourth-order valence-corrected chi connectivity index (χ4v) is 3.30. The summed E-state index contributed by atoms with van der Waals surface area (Å²) in [5.41, 5.74) is 0.221. The molecule has 0 spiro atoms. The van der Waals surface area contributed by atoms with Crippen molar-refractivity contribution in [2.24, 2.45) is 0 Å². The van der Waals surface area contributed by atoms with Crippen LogP contribution in [0.3, 0.4) is 0 Å². The molecular formula is C16H16ClNO6S. The van der Waals surface area contributed by atoms with Crippen LogP contribution in [0.5, 0.6) is 11.5 Å². The number of aromatic hydroxyl groups is 1. The average Bonchev–Trinajstić information content (AvgIpc) is 2.84. The maximum Gasteiger partial charge on any atom is 0.329 e. The highest BCUT2D eigenvalue weighted by molar-refractivity contribution is 8.18. The zero-order chi connectivity index (χ0) is 18.7. The second-order valence-electron chi connectivity index (χ2n) is 5.03. The van der Waals surface area contributed by atoms with E-state index in [1.54, 1.807) is 6.92 Å². The van der Waals surface area contributed by atoms with Gasteiger partial charge in [-0.2, -0.15) is 0 Å². The SMILES string of the molecule is CCOC(=O)[C@@H](C)N1C(=O)S/C(=C\c2cc(Cl)cc(OC)c2O)C1=O. The van der Waals surface area contributed by atoms with Gasteiger partial charge in [-0.05, 0) is 37.8 Å². The molecule has 1 N–H and O–H groups in total. The molecule has 1 saturated heterocycles. The third-order valence-corrected chi connectivity index (χ3v) is 4.52. The Bertz CT molecular complexity index is 763. The van der Waals surface area contributed by atoms with Crippen LogP contribution in [0.4, 0.5) is 4.79 Å². The Morgan fingerprint density at radius 3 is 2.72 bits per heavy atom. The lowest BCUT2D eigenvalue weighted by Crippen LogP contribution is -2.42. The molecule has 0 aliphatic carbocycles. The monoisotopic (exact) mass is 385 g/mol. The molecule has 25 heavy (non-hydrogen) atoms. The van der Waals surface area contributed by atoms with Crippen LogP contribution in [0.1, 0.15) is 19.4 Å². The van der Waals surface area contributed by atoms with Crippen molar-refractivity contribution in [2.75, 3.05) is 13.7 Å². The van der Waals surface area contributed by atoms with Gasteiger partial charge in [0, 0.05) is 16.7 Å². The molecular weight excluding hydrogens is 370 g/mol. The van der Waals surface area contributed by atoms with Crippen LogP contribution < -0.4 is 4.74 Å². The quantitative estimate of drug-likeness (QED) is 0.615. The molecule has 1 aromatic rings. The summed E-state index contributed by atoms with van der Waals surface area (Å²) >= 11 is 6.62. The van der Waals surface area contributed by atoms with E-state index in [0.717, 1.165) is 4.90 Å². The van der Waals surface area contributed by atoms with Gasteiger partial charge in [0.15, 0.2) is 11.5 Å². The van der Waals surface area contributed by atoms with Crippen molar-refractivity contribution >= 4 is 46.6 Å². The van der Waals surface area contributed by atoms with Gasteiger partial charge in [0.05, 0.1) is 18.6 Å². The smallest absolute Gasteiger partial charge is 0.329 e. The van der Waals surface area contributed by atoms with Crippen molar-refractivity contribution in [3.05, 3.63) is 27.6 Å². The minimum absolute atomic E-state index is 0.0563. The van der Waals surface area contributed by atoms with Gasteiger partial charge in [-0.25, -0.2) is 4.79 Å². The fourth-order valence-electron chi connectivity index (χ4n) is 2.18. The number of ether oxygens (including phenoxy) is 2. The van der Waals surface area contributed by atoms with Crippen molar-refractivity contribution < 1.29 is 29.0 Å². The lowest BCUT2D eigenvalue weighted by molar-refractivity contribution is -0.150. The average molecular weight is 386 g/mol. The Hall–Kier alpha value is -2.19. The number of carbonyl (C=O) groups is 3. The van der Waals surface area contributed by atoms with E-state index in [1.807, 2.05) is 0 Å². The molecule has 0 bridgehead atoms. The van der Waals surface area contributed by atoms with Crippen LogP contribution >= 0.6 is 23.4 Å². The fraction of sp³-hybridized carbons (Fsp3) is 0.312. The summed E-state index contributed by atoms with van der Waals surface area (Å²) in [6.45, 7) is 3.19. The number of carbonyl (C=O) groups excluding carboxylic acids is 3. The van der Waals surface area contributed by atoms with Gasteiger partial charge in [0.25, 0.3) is 11.1 Å². The summed E-state index contributed by atoms with van der Waals surface area (Å²) in [4.78, 5) is 37.3. The summed E-state index contributed by atoms with van der Waals surface area (Å²) < 4.78 is 9.85. The number of hydrogen-bond acceptors (Lipinski definition) is 7. The highest BCUT2D eigenvalue weighted by atomic mass is 35.5. The summed E-state index contributed by atoms with van der Waals surface area (Å²) in [6.07, 6.45) is 1.33. The van der Waals surface area contributed by atoms with E-state index < -0.39 is 23.2 Å². The first-order valence-electron chi connectivity index (χ1n) is 7.30. The largest absolute Gasteiger partial charge is 0.504 e. The Labute approximate surface area is 153 Å². The van der Waals surface area contributed by atoms with Gasteiger partial charge in [-0.15, -0.1) is 0 Å². The molecule has 0 unspecified atom stereocenters. The molecule has 1 aliphatic heterocycles. The van der Waals surface area contributed by atoms with Crippen LogP contribution in [0.25, 0.3) is 6.08 Å². The molecule has 0 aromatic heterocycles. The van der Waals surface area contributed by atoms with Crippen molar-refractivity contribution in [2.45, 2.75) is 19.9 Å². The van der Waals surface area contributed by atoms with E-state index in [4.69, 9.17) is 21.1 Å². The number of nitrogens with zero attached hydrogens (tertiary/aromatic N) is 1. The number of thioether (sulfide) groups is 1. The molecule has 2 rings (SSSR count). The van der Waals surface area contributed by atoms with E-state index in [2.05, 4.69) is 0 Å². The third-order valence-electron chi connectivity index (χ3n) is 3.41. The van der Waals surface area contributed by atoms with Crippen LogP contribution in [-0.2, 0) is 14.3 Å². The number of imide groups is 1. The molecule has 0 saturated carbocycles. The molecule has 1 aliphatic rings. The van der Waals surface area contributed by atoms with Crippen LogP contribution in [0.15, 0.2) is 17.0 Å². The maximum atomic E-state index is 12.5. The molecule has 134 valence electrons. The third kappa shape index (κ3) is 3.91. The molecule has 9 heteroatoms. The molecule has 7 nitrogen and oxygen atoms in total. The number of methoxy groups -OCH3 is 1. The second-order valence-corrected chi connectivity index (χ2v) is 6.46. The zero-order valence-electron chi connectivity index (χ0n) is 13.7. The Balaban J connectivity index is 2.35. The van der Waals surface area contributed by atoms with Gasteiger partial charge in [-0.1, -0.05) is 11.6 Å². The van der Waals surface area contributed by atoms with Crippen molar-refractivity contribution in [3.8, 4) is 11.5 Å². The Morgan fingerprint density at radius 1 is 1.44 bits per heavy atom. The summed E-state index contributed by atoms with van der Waals surface area (Å²) in [5, 5.41) is 9.84. The maximum absolute atomic E-state index is 12.5. The number of benzene rings is 1. The highest BCUT2D eigenvalue weighted by Gasteiger charge is 2.41. The molecule has 2 amide bonds. The van der Waals surface area contributed by atoms with E-state index in [1.165, 1.54) is 32.2 Å². The van der Waals surface area contributed by atoms with E-state index in [9.17, 15) is 19.5 Å². The van der Waals surface area contributed by atoms with Crippen LogP contribution in [0, 0.1) is 0 Å². The van der Waals surface area contributed by atoms with Crippen molar-refractivity contribution in [1.29, 1.82) is 0 Å². The molecule has 1 atom stereocenters. The topological polar surface area (TPSA) is 93.1 Å². The normalized spacial score (nSPS) is 17.1. The predicted molar refractivity (Wildman–Crippen MR) is 93.6 cm³/mol. The molecule has 1 heterocycles. The van der Waals surface area contributed by atoms with Gasteiger partial charge in [0.2, 0.25) is 0 Å². The van der Waals surface area contributed by atoms with Crippen LogP contribution in [-0.4, -0.2) is 46.9 Å².